The maximum Gasteiger partial charge on any atom is 0.0669 e. The van der Waals surface area contributed by atoms with E-state index in [4.69, 9.17) is 5.26 Å². The van der Waals surface area contributed by atoms with Gasteiger partial charge in [0.15, 0.2) is 0 Å². The number of benzene rings is 2. The van der Waals surface area contributed by atoms with Crippen LogP contribution in [0.4, 0.5) is 0 Å². The lowest BCUT2D eigenvalue weighted by Gasteiger charge is -2.10. The second-order valence-electron chi connectivity index (χ2n) is 4.43. The van der Waals surface area contributed by atoms with Crippen LogP contribution in [0.2, 0.25) is 0 Å². The number of halogens is 1. The Hall–Kier alpha value is -1.59. The highest BCUT2D eigenvalue weighted by atomic mass is 79.9. The molecule has 0 aliphatic heterocycles. The number of hydrogen-bond donors (Lipinski definition) is 0. The Morgan fingerprint density at radius 2 is 1.56 bits per heavy atom. The molecule has 2 rings (SSSR count). The first-order valence-electron chi connectivity index (χ1n) is 5.85. The highest BCUT2D eigenvalue weighted by Gasteiger charge is 2.06. The van der Waals surface area contributed by atoms with Crippen LogP contribution >= 0.6 is 15.9 Å². The van der Waals surface area contributed by atoms with E-state index in [2.05, 4.69) is 60.1 Å². The quantitative estimate of drug-likeness (QED) is 0.781. The van der Waals surface area contributed by atoms with Gasteiger partial charge in [-0.25, -0.2) is 0 Å². The van der Waals surface area contributed by atoms with Crippen LogP contribution in [0.25, 0.3) is 11.1 Å². The summed E-state index contributed by atoms with van der Waals surface area (Å²) in [6, 6.07) is 14.8. The lowest BCUT2D eigenvalue weighted by molar-refractivity contribution is 1.17. The summed E-state index contributed by atoms with van der Waals surface area (Å²) in [5.74, 6) is 0. The van der Waals surface area contributed by atoms with Gasteiger partial charge in [0.1, 0.15) is 0 Å². The van der Waals surface area contributed by atoms with E-state index in [-0.39, 0.29) is 0 Å². The molecule has 0 fully saturated rings. The predicted molar refractivity (Wildman–Crippen MR) is 78.4 cm³/mol. The molecule has 2 heteroatoms. The molecule has 2 aromatic rings. The first-order chi connectivity index (χ1) is 8.61. The van der Waals surface area contributed by atoms with E-state index < -0.39 is 0 Å². The largest absolute Gasteiger partial charge is 0.198 e. The normalized spacial score (nSPS) is 10.1. The zero-order chi connectivity index (χ0) is 13.1. The van der Waals surface area contributed by atoms with E-state index in [0.717, 1.165) is 10.0 Å². The van der Waals surface area contributed by atoms with Crippen molar-refractivity contribution in [3.05, 3.63) is 57.6 Å². The summed E-state index contributed by atoms with van der Waals surface area (Å²) < 4.78 is 1.08. The standard InChI is InChI=1S/C16H14BrN/c1-11-9-14(10-12(2)16(11)7-8-18)13-3-5-15(17)6-4-13/h3-6,9-10H,7H2,1-2H3. The predicted octanol–water partition coefficient (Wildman–Crippen LogP) is 4.80. The van der Waals surface area contributed by atoms with E-state index in [1.54, 1.807) is 0 Å². The van der Waals surface area contributed by atoms with Crippen LogP contribution in [0, 0.1) is 25.2 Å². The summed E-state index contributed by atoms with van der Waals surface area (Å²) >= 11 is 3.44. The molecule has 0 radical (unpaired) electrons. The molecule has 0 aromatic heterocycles. The van der Waals surface area contributed by atoms with Crippen LogP contribution in [-0.4, -0.2) is 0 Å². The molecule has 1 nitrogen and oxygen atoms in total. The minimum atomic E-state index is 0.484. The minimum Gasteiger partial charge on any atom is -0.198 e. The Morgan fingerprint density at radius 1 is 1.00 bits per heavy atom. The fraction of sp³-hybridized carbons (Fsp3) is 0.188. The van der Waals surface area contributed by atoms with E-state index in [9.17, 15) is 0 Å². The molecule has 0 bridgehead atoms. The maximum absolute atomic E-state index is 8.83. The van der Waals surface area contributed by atoms with Gasteiger partial charge in [0.05, 0.1) is 12.5 Å². The van der Waals surface area contributed by atoms with Crippen LogP contribution in [-0.2, 0) is 6.42 Å². The van der Waals surface area contributed by atoms with Crippen LogP contribution < -0.4 is 0 Å². The van der Waals surface area contributed by atoms with E-state index in [1.807, 2.05) is 12.1 Å². The molecule has 0 spiro atoms. The Kier molecular flexibility index (Phi) is 3.84. The first-order valence-corrected chi connectivity index (χ1v) is 6.64. The van der Waals surface area contributed by atoms with Crippen molar-refractivity contribution in [1.82, 2.24) is 0 Å². The van der Waals surface area contributed by atoms with Crippen molar-refractivity contribution in [2.45, 2.75) is 20.3 Å². The monoisotopic (exact) mass is 299 g/mol. The van der Waals surface area contributed by atoms with Gasteiger partial charge in [0.25, 0.3) is 0 Å². The molecular formula is C16H14BrN. The molecule has 0 saturated carbocycles. The number of aryl methyl sites for hydroxylation is 2. The molecule has 0 saturated heterocycles. The van der Waals surface area contributed by atoms with Gasteiger partial charge in [0.2, 0.25) is 0 Å². The van der Waals surface area contributed by atoms with Crippen LogP contribution in [0.5, 0.6) is 0 Å². The van der Waals surface area contributed by atoms with E-state index >= 15 is 0 Å². The van der Waals surface area contributed by atoms with E-state index in [1.165, 1.54) is 22.3 Å². The molecule has 0 amide bonds. The smallest absolute Gasteiger partial charge is 0.0669 e. The number of nitrogens with zero attached hydrogens (tertiary/aromatic N) is 1. The Bertz CT molecular complexity index is 583. The molecule has 90 valence electrons. The third kappa shape index (κ3) is 2.63. The molecule has 2 aromatic carbocycles. The van der Waals surface area contributed by atoms with Gasteiger partial charge < -0.3 is 0 Å². The Labute approximate surface area is 116 Å². The van der Waals surface area contributed by atoms with Gasteiger partial charge in [-0.3, -0.25) is 0 Å². The zero-order valence-electron chi connectivity index (χ0n) is 10.5. The average molecular weight is 300 g/mol. The zero-order valence-corrected chi connectivity index (χ0v) is 12.1. The van der Waals surface area contributed by atoms with Crippen molar-refractivity contribution in [1.29, 1.82) is 5.26 Å². The van der Waals surface area contributed by atoms with E-state index in [0.29, 0.717) is 6.42 Å². The molecule has 18 heavy (non-hydrogen) atoms. The number of rotatable bonds is 2. The average Bonchev–Trinajstić information content (AvgIpc) is 2.34. The number of nitriles is 1. The van der Waals surface area contributed by atoms with Gasteiger partial charge in [-0.15, -0.1) is 0 Å². The fourth-order valence-corrected chi connectivity index (χ4v) is 2.42. The van der Waals surface area contributed by atoms with Crippen LogP contribution in [0.1, 0.15) is 16.7 Å². The van der Waals surface area contributed by atoms with Gasteiger partial charge in [0, 0.05) is 4.47 Å². The topological polar surface area (TPSA) is 23.8 Å². The van der Waals surface area contributed by atoms with Gasteiger partial charge in [-0.2, -0.15) is 5.26 Å². The highest BCUT2D eigenvalue weighted by Crippen LogP contribution is 2.26. The SMILES string of the molecule is Cc1cc(-c2ccc(Br)cc2)cc(C)c1CC#N. The molecule has 0 heterocycles. The molecule has 0 aliphatic rings. The van der Waals surface area contributed by atoms with Crippen molar-refractivity contribution in [3.63, 3.8) is 0 Å². The van der Waals surface area contributed by atoms with Gasteiger partial charge in [-0.1, -0.05) is 40.2 Å². The summed E-state index contributed by atoms with van der Waals surface area (Å²) in [4.78, 5) is 0. The third-order valence-electron chi connectivity index (χ3n) is 3.13. The summed E-state index contributed by atoms with van der Waals surface area (Å²) in [7, 11) is 0. The van der Waals surface area contributed by atoms with Crippen molar-refractivity contribution >= 4 is 15.9 Å². The van der Waals surface area contributed by atoms with Crippen molar-refractivity contribution < 1.29 is 0 Å². The van der Waals surface area contributed by atoms with Gasteiger partial charge in [-0.05, 0) is 53.8 Å². The third-order valence-corrected chi connectivity index (χ3v) is 3.66. The second kappa shape index (κ2) is 5.37. The first kappa shape index (κ1) is 12.9. The summed E-state index contributed by atoms with van der Waals surface area (Å²) in [5, 5.41) is 8.83. The molecule has 0 aliphatic carbocycles. The van der Waals surface area contributed by atoms with Crippen LogP contribution in [0.15, 0.2) is 40.9 Å². The summed E-state index contributed by atoms with van der Waals surface area (Å²) in [6.45, 7) is 4.14. The summed E-state index contributed by atoms with van der Waals surface area (Å²) in [6.07, 6.45) is 0.484. The minimum absolute atomic E-state index is 0.484. The Morgan fingerprint density at radius 3 is 2.06 bits per heavy atom. The van der Waals surface area contributed by atoms with Crippen molar-refractivity contribution in [2.75, 3.05) is 0 Å². The van der Waals surface area contributed by atoms with Crippen LogP contribution in [0.3, 0.4) is 0 Å². The number of hydrogen-bond acceptors (Lipinski definition) is 1. The molecule has 0 atom stereocenters. The van der Waals surface area contributed by atoms with Crippen molar-refractivity contribution in [2.24, 2.45) is 0 Å². The second-order valence-corrected chi connectivity index (χ2v) is 5.35. The lowest BCUT2D eigenvalue weighted by atomic mass is 9.94. The molecule has 0 N–H and O–H groups in total. The van der Waals surface area contributed by atoms with Gasteiger partial charge >= 0.3 is 0 Å². The molecular weight excluding hydrogens is 286 g/mol. The molecule has 0 unspecified atom stereocenters. The summed E-state index contributed by atoms with van der Waals surface area (Å²) in [5.41, 5.74) is 5.94. The lowest BCUT2D eigenvalue weighted by Crippen LogP contribution is -1.93. The highest BCUT2D eigenvalue weighted by molar-refractivity contribution is 9.10. The maximum atomic E-state index is 8.83. The fourth-order valence-electron chi connectivity index (χ4n) is 2.16. The Balaban J connectivity index is 2.48. The van der Waals surface area contributed by atoms with Crippen molar-refractivity contribution in [3.8, 4) is 17.2 Å².